The Balaban J connectivity index is 0.00000200. The highest BCUT2D eigenvalue weighted by atomic mass is 127. The second kappa shape index (κ2) is 7.71. The smallest absolute Gasteiger partial charge is 0.191 e. The van der Waals surface area contributed by atoms with E-state index < -0.39 is 0 Å². The number of phenols is 1. The van der Waals surface area contributed by atoms with Crippen LogP contribution in [0.15, 0.2) is 17.1 Å². The topological polar surface area (TPSA) is 61.8 Å². The molecular formula is C15H24IN3O. The molecule has 4 nitrogen and oxygen atoms in total. The van der Waals surface area contributed by atoms with E-state index in [0.29, 0.717) is 18.3 Å². The number of hydrogen-bond donors (Lipinski definition) is 2. The molecule has 1 fully saturated rings. The monoisotopic (exact) mass is 389 g/mol. The van der Waals surface area contributed by atoms with E-state index in [-0.39, 0.29) is 24.0 Å². The van der Waals surface area contributed by atoms with Gasteiger partial charge in [-0.1, -0.05) is 12.1 Å². The quantitative estimate of drug-likeness (QED) is 0.465. The van der Waals surface area contributed by atoms with Crippen LogP contribution in [0.2, 0.25) is 0 Å². The summed E-state index contributed by atoms with van der Waals surface area (Å²) in [6.07, 6.45) is 3.70. The maximum atomic E-state index is 9.74. The lowest BCUT2D eigenvalue weighted by molar-refractivity contribution is 0.338. The van der Waals surface area contributed by atoms with Gasteiger partial charge in [-0.25, -0.2) is 4.99 Å². The van der Waals surface area contributed by atoms with Crippen LogP contribution in [0.25, 0.3) is 0 Å². The normalized spacial score (nSPS) is 15.9. The Hall–Kier alpha value is -0.980. The second-order valence-corrected chi connectivity index (χ2v) is 5.30. The Kier molecular flexibility index (Phi) is 6.58. The van der Waals surface area contributed by atoms with Crippen LogP contribution in [0.4, 0.5) is 0 Å². The average molecular weight is 389 g/mol. The Labute approximate surface area is 138 Å². The van der Waals surface area contributed by atoms with E-state index >= 15 is 0 Å². The summed E-state index contributed by atoms with van der Waals surface area (Å²) < 4.78 is 0. The highest BCUT2D eigenvalue weighted by molar-refractivity contribution is 14.0. The van der Waals surface area contributed by atoms with Gasteiger partial charge < -0.3 is 15.7 Å². The zero-order valence-electron chi connectivity index (χ0n) is 12.2. The summed E-state index contributed by atoms with van der Waals surface area (Å²) in [6, 6.07) is 3.94. The van der Waals surface area contributed by atoms with E-state index in [1.165, 1.54) is 19.3 Å². The third-order valence-electron chi connectivity index (χ3n) is 3.65. The van der Waals surface area contributed by atoms with Crippen molar-refractivity contribution < 1.29 is 5.11 Å². The standard InChI is InChI=1S/C15H23N3O.HI/c1-11-8-13(9-12(2)14(11)19)10-17-15(16)18-6-4-3-5-7-18;/h8-9,19H,3-7,10H2,1-2H3,(H2,16,17);1H. The van der Waals surface area contributed by atoms with Crippen LogP contribution in [0.5, 0.6) is 5.75 Å². The van der Waals surface area contributed by atoms with Gasteiger partial charge in [0.2, 0.25) is 0 Å². The molecule has 0 saturated carbocycles. The molecule has 0 radical (unpaired) electrons. The largest absolute Gasteiger partial charge is 0.507 e. The number of phenolic OH excluding ortho intramolecular Hbond substituents is 1. The summed E-state index contributed by atoms with van der Waals surface area (Å²) in [6.45, 7) is 6.42. The van der Waals surface area contributed by atoms with Crippen molar-refractivity contribution >= 4 is 29.9 Å². The predicted octanol–water partition coefficient (Wildman–Crippen LogP) is 2.93. The van der Waals surface area contributed by atoms with Crippen molar-refractivity contribution in [3.05, 3.63) is 28.8 Å². The third-order valence-corrected chi connectivity index (χ3v) is 3.65. The Morgan fingerprint density at radius 2 is 1.75 bits per heavy atom. The number of rotatable bonds is 2. The lowest BCUT2D eigenvalue weighted by Gasteiger charge is -2.27. The summed E-state index contributed by atoms with van der Waals surface area (Å²) in [5.41, 5.74) is 8.90. The van der Waals surface area contributed by atoms with E-state index in [4.69, 9.17) is 5.73 Å². The fourth-order valence-electron chi connectivity index (χ4n) is 2.53. The molecule has 0 spiro atoms. The maximum Gasteiger partial charge on any atom is 0.191 e. The van der Waals surface area contributed by atoms with Crippen molar-refractivity contribution in [2.24, 2.45) is 10.7 Å². The fraction of sp³-hybridized carbons (Fsp3) is 0.533. The summed E-state index contributed by atoms with van der Waals surface area (Å²) >= 11 is 0. The minimum atomic E-state index is 0. The van der Waals surface area contributed by atoms with Gasteiger partial charge in [-0.2, -0.15) is 0 Å². The molecule has 1 saturated heterocycles. The highest BCUT2D eigenvalue weighted by Gasteiger charge is 2.11. The molecule has 0 atom stereocenters. The molecule has 0 bridgehead atoms. The number of hydrogen-bond acceptors (Lipinski definition) is 2. The van der Waals surface area contributed by atoms with E-state index in [0.717, 1.165) is 29.8 Å². The van der Waals surface area contributed by atoms with Gasteiger partial charge in [0, 0.05) is 13.1 Å². The summed E-state index contributed by atoms with van der Waals surface area (Å²) in [5, 5.41) is 9.74. The Bertz CT molecular complexity index is 459. The molecule has 1 aliphatic heterocycles. The molecule has 0 unspecified atom stereocenters. The number of piperidine rings is 1. The number of guanidine groups is 1. The molecule has 112 valence electrons. The van der Waals surface area contributed by atoms with Crippen molar-refractivity contribution in [3.63, 3.8) is 0 Å². The van der Waals surface area contributed by atoms with Crippen LogP contribution in [-0.4, -0.2) is 29.1 Å². The van der Waals surface area contributed by atoms with E-state index in [2.05, 4.69) is 9.89 Å². The lowest BCUT2D eigenvalue weighted by atomic mass is 10.1. The molecule has 1 aromatic rings. The van der Waals surface area contributed by atoms with Gasteiger partial charge in [0.05, 0.1) is 6.54 Å². The van der Waals surface area contributed by atoms with Crippen molar-refractivity contribution in [3.8, 4) is 5.75 Å². The highest BCUT2D eigenvalue weighted by Crippen LogP contribution is 2.23. The third kappa shape index (κ3) is 4.26. The summed E-state index contributed by atoms with van der Waals surface area (Å²) in [7, 11) is 0. The van der Waals surface area contributed by atoms with Gasteiger partial charge in [-0.05, 0) is 49.8 Å². The molecule has 0 aliphatic carbocycles. The molecule has 0 amide bonds. The summed E-state index contributed by atoms with van der Waals surface area (Å²) in [4.78, 5) is 6.63. The van der Waals surface area contributed by atoms with E-state index in [9.17, 15) is 5.11 Å². The number of aromatic hydroxyl groups is 1. The van der Waals surface area contributed by atoms with Crippen LogP contribution in [0.3, 0.4) is 0 Å². The number of aryl methyl sites for hydroxylation is 2. The predicted molar refractivity (Wildman–Crippen MR) is 93.7 cm³/mol. The van der Waals surface area contributed by atoms with Gasteiger partial charge in [0.25, 0.3) is 0 Å². The van der Waals surface area contributed by atoms with E-state index in [1.807, 2.05) is 26.0 Å². The number of aliphatic imine (C=N–C) groups is 1. The first-order chi connectivity index (χ1) is 9.08. The zero-order chi connectivity index (χ0) is 13.8. The molecule has 0 aromatic heterocycles. The van der Waals surface area contributed by atoms with Gasteiger partial charge in [0.15, 0.2) is 5.96 Å². The first-order valence-electron chi connectivity index (χ1n) is 6.92. The molecule has 20 heavy (non-hydrogen) atoms. The van der Waals surface area contributed by atoms with Gasteiger partial charge >= 0.3 is 0 Å². The van der Waals surface area contributed by atoms with Crippen LogP contribution in [0, 0.1) is 13.8 Å². The second-order valence-electron chi connectivity index (χ2n) is 5.30. The van der Waals surface area contributed by atoms with Crippen LogP contribution in [-0.2, 0) is 6.54 Å². The number of nitrogens with two attached hydrogens (primary N) is 1. The number of likely N-dealkylation sites (tertiary alicyclic amines) is 1. The van der Waals surface area contributed by atoms with Gasteiger partial charge in [0.1, 0.15) is 5.75 Å². The molecule has 1 aliphatic rings. The summed E-state index contributed by atoms with van der Waals surface area (Å²) in [5.74, 6) is 1.01. The molecule has 1 heterocycles. The lowest BCUT2D eigenvalue weighted by Crippen LogP contribution is -2.40. The van der Waals surface area contributed by atoms with Crippen LogP contribution < -0.4 is 5.73 Å². The van der Waals surface area contributed by atoms with Crippen LogP contribution >= 0.6 is 24.0 Å². The Morgan fingerprint density at radius 1 is 1.20 bits per heavy atom. The Morgan fingerprint density at radius 3 is 2.30 bits per heavy atom. The fourth-order valence-corrected chi connectivity index (χ4v) is 2.53. The van der Waals surface area contributed by atoms with Crippen molar-refractivity contribution in [2.75, 3.05) is 13.1 Å². The van der Waals surface area contributed by atoms with Gasteiger partial charge in [-0.3, -0.25) is 0 Å². The van der Waals surface area contributed by atoms with Gasteiger partial charge in [-0.15, -0.1) is 24.0 Å². The number of halogens is 1. The zero-order valence-corrected chi connectivity index (χ0v) is 14.6. The molecule has 2 rings (SSSR count). The first kappa shape index (κ1) is 17.1. The molecule has 1 aromatic carbocycles. The minimum Gasteiger partial charge on any atom is -0.507 e. The average Bonchev–Trinajstić information content (AvgIpc) is 2.43. The van der Waals surface area contributed by atoms with Crippen molar-refractivity contribution in [2.45, 2.75) is 39.7 Å². The van der Waals surface area contributed by atoms with Crippen molar-refractivity contribution in [1.29, 1.82) is 0 Å². The number of nitrogens with zero attached hydrogens (tertiary/aromatic N) is 2. The van der Waals surface area contributed by atoms with Crippen LogP contribution in [0.1, 0.15) is 36.0 Å². The SMILES string of the molecule is Cc1cc(CN=C(N)N2CCCCC2)cc(C)c1O.I. The molecule has 5 heteroatoms. The van der Waals surface area contributed by atoms with Crippen molar-refractivity contribution in [1.82, 2.24) is 4.90 Å². The minimum absolute atomic E-state index is 0. The molecule has 3 N–H and O–H groups in total. The maximum absolute atomic E-state index is 9.74. The molecular weight excluding hydrogens is 365 g/mol. The first-order valence-corrected chi connectivity index (χ1v) is 6.92. The van der Waals surface area contributed by atoms with E-state index in [1.54, 1.807) is 0 Å². The number of benzene rings is 1.